The molecule has 0 aliphatic rings. The first-order valence-electron chi connectivity index (χ1n) is 15.6. The summed E-state index contributed by atoms with van der Waals surface area (Å²) in [6.45, 7) is 10.8. The quantitative estimate of drug-likeness (QED) is 0.192. The van der Waals surface area contributed by atoms with Crippen molar-refractivity contribution in [3.05, 3.63) is 162 Å². The van der Waals surface area contributed by atoms with Crippen molar-refractivity contribution in [3.8, 4) is 33.6 Å². The van der Waals surface area contributed by atoms with Crippen molar-refractivity contribution in [1.29, 1.82) is 0 Å². The molecule has 0 aliphatic carbocycles. The molecule has 0 saturated heterocycles. The summed E-state index contributed by atoms with van der Waals surface area (Å²) in [5.74, 6) is 0. The first kappa shape index (κ1) is 27.0. The van der Waals surface area contributed by atoms with Gasteiger partial charge in [-0.3, -0.25) is 0 Å². The molecular weight excluding hydrogens is 544 g/mol. The van der Waals surface area contributed by atoms with Gasteiger partial charge in [0.15, 0.2) is 0 Å². The molecule has 8 aromatic rings. The van der Waals surface area contributed by atoms with Gasteiger partial charge in [0.1, 0.15) is 0 Å². The van der Waals surface area contributed by atoms with Crippen LogP contribution in [0, 0.1) is 20.8 Å². The molecule has 0 bridgehead atoms. The van der Waals surface area contributed by atoms with E-state index in [1.54, 1.807) is 0 Å². The highest BCUT2D eigenvalue weighted by atomic mass is 15.0. The van der Waals surface area contributed by atoms with E-state index in [1.165, 1.54) is 77.3 Å². The Kier molecular flexibility index (Phi) is 6.32. The number of hydrogen-bond donors (Lipinski definition) is 0. The largest absolute Gasteiger partial charge is 0.310 e. The van der Waals surface area contributed by atoms with Crippen LogP contribution >= 0.6 is 0 Å². The summed E-state index contributed by atoms with van der Waals surface area (Å²) >= 11 is 0. The molecule has 0 N–H and O–H groups in total. The number of nitrogens with zero attached hydrogens (tertiary/aromatic N) is 2. The minimum Gasteiger partial charge on any atom is -0.310 e. The minimum absolute atomic E-state index is 1.13. The molecule has 0 aliphatic heterocycles. The zero-order valence-electron chi connectivity index (χ0n) is 25.9. The average Bonchev–Trinajstić information content (AvgIpc) is 3.57. The van der Waals surface area contributed by atoms with Crippen LogP contribution in [0.3, 0.4) is 0 Å². The normalized spacial score (nSPS) is 11.5. The van der Waals surface area contributed by atoms with Gasteiger partial charge in [-0.05, 0) is 114 Å². The molecular formula is C43H34N2. The van der Waals surface area contributed by atoms with Crippen LogP contribution in [0.25, 0.3) is 72.4 Å². The first-order chi connectivity index (χ1) is 22.0. The Morgan fingerprint density at radius 2 is 1.00 bits per heavy atom. The zero-order chi connectivity index (χ0) is 30.7. The lowest BCUT2D eigenvalue weighted by Crippen LogP contribution is -1.98. The number of rotatable bonds is 5. The lowest BCUT2D eigenvalue weighted by Gasteiger charge is -2.16. The smallest absolute Gasteiger partial charge is 0.0541 e. The molecule has 2 aromatic heterocycles. The summed E-state index contributed by atoms with van der Waals surface area (Å²) in [7, 11) is 0. The van der Waals surface area contributed by atoms with Crippen LogP contribution < -0.4 is 0 Å². The van der Waals surface area contributed by atoms with Crippen molar-refractivity contribution in [3.63, 3.8) is 0 Å². The summed E-state index contributed by atoms with van der Waals surface area (Å²) < 4.78 is 4.73. The van der Waals surface area contributed by atoms with E-state index in [4.69, 9.17) is 0 Å². The molecule has 8 rings (SSSR count). The number of hydrogen-bond acceptors (Lipinski definition) is 0. The maximum absolute atomic E-state index is 4.15. The van der Waals surface area contributed by atoms with E-state index in [9.17, 15) is 0 Å². The van der Waals surface area contributed by atoms with Gasteiger partial charge in [0, 0.05) is 33.2 Å². The van der Waals surface area contributed by atoms with E-state index < -0.39 is 0 Å². The van der Waals surface area contributed by atoms with Gasteiger partial charge in [0.2, 0.25) is 0 Å². The molecule has 0 saturated carbocycles. The third-order valence-electron chi connectivity index (χ3n) is 9.39. The summed E-state index contributed by atoms with van der Waals surface area (Å²) in [5.41, 5.74) is 15.8. The predicted molar refractivity (Wildman–Crippen MR) is 193 cm³/mol. The van der Waals surface area contributed by atoms with E-state index >= 15 is 0 Å². The molecule has 0 fully saturated rings. The molecule has 0 amide bonds. The van der Waals surface area contributed by atoms with Crippen molar-refractivity contribution < 1.29 is 0 Å². The molecule has 2 heterocycles. The Balaban J connectivity index is 1.27. The van der Waals surface area contributed by atoms with Crippen LogP contribution in [0.2, 0.25) is 0 Å². The zero-order valence-corrected chi connectivity index (χ0v) is 25.9. The molecule has 6 aromatic carbocycles. The fourth-order valence-corrected chi connectivity index (χ4v) is 7.10. The Morgan fingerprint density at radius 1 is 0.467 bits per heavy atom. The number of fused-ring (bicyclic) bond motifs is 4. The molecule has 0 spiro atoms. The Bertz CT molecular complexity index is 2380. The lowest BCUT2D eigenvalue weighted by molar-refractivity contribution is 1.10. The van der Waals surface area contributed by atoms with Gasteiger partial charge in [-0.15, -0.1) is 0 Å². The van der Waals surface area contributed by atoms with Crippen molar-refractivity contribution in [2.24, 2.45) is 0 Å². The van der Waals surface area contributed by atoms with Gasteiger partial charge in [-0.25, -0.2) is 0 Å². The highest BCUT2D eigenvalue weighted by Crippen LogP contribution is 2.37. The summed E-state index contributed by atoms with van der Waals surface area (Å²) in [5, 5.41) is 3.81. The fraction of sp³-hybridized carbons (Fsp3) is 0.0698. The van der Waals surface area contributed by atoms with Crippen LogP contribution in [0.15, 0.2) is 140 Å². The summed E-state index contributed by atoms with van der Waals surface area (Å²) in [6, 6.07) is 48.6. The first-order valence-corrected chi connectivity index (χ1v) is 15.6. The van der Waals surface area contributed by atoms with Gasteiger partial charge in [-0.2, -0.15) is 0 Å². The fourth-order valence-electron chi connectivity index (χ4n) is 7.10. The second-order valence-corrected chi connectivity index (χ2v) is 12.0. The second kappa shape index (κ2) is 10.5. The van der Waals surface area contributed by atoms with Crippen LogP contribution in [0.4, 0.5) is 0 Å². The van der Waals surface area contributed by atoms with E-state index in [1.807, 2.05) is 6.08 Å². The third kappa shape index (κ3) is 4.25. The maximum Gasteiger partial charge on any atom is 0.0541 e. The second-order valence-electron chi connectivity index (χ2n) is 12.0. The molecule has 45 heavy (non-hydrogen) atoms. The SMILES string of the molecule is C=Cc1c(C)c2ccccc2n1-c1cccc(-c2ccc(C)c(-c3cc(-n4c5ccccc5c5ccccc54)ccc3C)c2)c1. The van der Waals surface area contributed by atoms with Crippen LogP contribution in [0.1, 0.15) is 22.4 Å². The Morgan fingerprint density at radius 3 is 1.67 bits per heavy atom. The van der Waals surface area contributed by atoms with E-state index in [0.29, 0.717) is 0 Å². The van der Waals surface area contributed by atoms with E-state index in [-0.39, 0.29) is 0 Å². The molecule has 2 nitrogen and oxygen atoms in total. The highest BCUT2D eigenvalue weighted by Gasteiger charge is 2.16. The molecule has 2 heteroatoms. The van der Waals surface area contributed by atoms with Crippen molar-refractivity contribution in [2.45, 2.75) is 20.8 Å². The van der Waals surface area contributed by atoms with Gasteiger partial charge in [0.05, 0.1) is 16.6 Å². The molecule has 0 radical (unpaired) electrons. The molecule has 0 atom stereocenters. The summed E-state index contributed by atoms with van der Waals surface area (Å²) in [4.78, 5) is 0. The van der Waals surface area contributed by atoms with Crippen molar-refractivity contribution in [2.75, 3.05) is 0 Å². The maximum atomic E-state index is 4.15. The number of aromatic nitrogens is 2. The molecule has 216 valence electrons. The topological polar surface area (TPSA) is 9.86 Å². The predicted octanol–water partition coefficient (Wildman–Crippen LogP) is 11.6. The summed E-state index contributed by atoms with van der Waals surface area (Å²) in [6.07, 6.45) is 1.97. The van der Waals surface area contributed by atoms with Gasteiger partial charge in [-0.1, -0.05) is 91.5 Å². The molecule has 0 unspecified atom stereocenters. The van der Waals surface area contributed by atoms with Crippen molar-refractivity contribution in [1.82, 2.24) is 9.13 Å². The Labute approximate surface area is 264 Å². The number of benzene rings is 6. The minimum atomic E-state index is 1.13. The van der Waals surface area contributed by atoms with Crippen LogP contribution in [0.5, 0.6) is 0 Å². The number of aryl methyl sites for hydroxylation is 3. The van der Waals surface area contributed by atoms with Crippen LogP contribution in [-0.4, -0.2) is 9.13 Å². The number of para-hydroxylation sites is 3. The third-order valence-corrected chi connectivity index (χ3v) is 9.39. The monoisotopic (exact) mass is 578 g/mol. The van der Waals surface area contributed by atoms with E-state index in [2.05, 4.69) is 170 Å². The highest BCUT2D eigenvalue weighted by molar-refractivity contribution is 6.09. The van der Waals surface area contributed by atoms with Crippen LogP contribution in [-0.2, 0) is 0 Å². The van der Waals surface area contributed by atoms with Gasteiger partial charge < -0.3 is 9.13 Å². The van der Waals surface area contributed by atoms with Gasteiger partial charge >= 0.3 is 0 Å². The van der Waals surface area contributed by atoms with E-state index in [0.717, 1.165) is 11.4 Å². The van der Waals surface area contributed by atoms with Gasteiger partial charge in [0.25, 0.3) is 0 Å². The Hall–Kier alpha value is -5.60. The standard InChI is InChI=1S/C43H34N2/c1-5-40-30(4)35-15-6-9-18-41(35)44(40)33-14-12-13-31(25-33)32-23-21-28(2)38(26-32)39-27-34(24-22-29(39)3)45-42-19-10-7-16-36(42)37-17-8-11-20-43(37)45/h5-27H,1H2,2-4H3. The lowest BCUT2D eigenvalue weighted by atomic mass is 9.92. The van der Waals surface area contributed by atoms with Crippen molar-refractivity contribution >= 4 is 38.8 Å². The average molecular weight is 579 g/mol.